The van der Waals surface area contributed by atoms with Gasteiger partial charge in [-0.15, -0.1) is 11.3 Å². The molecule has 5 heteroatoms. The summed E-state index contributed by atoms with van der Waals surface area (Å²) in [5.41, 5.74) is 1.37. The SMILES string of the molecule is CCc1ccc(C(C)Nc2cc(C(=O)NC)ccc2Cl)s1. The number of benzene rings is 1. The van der Waals surface area contributed by atoms with Crippen molar-refractivity contribution in [1.82, 2.24) is 5.32 Å². The number of aryl methyl sites for hydroxylation is 1. The first-order valence-corrected chi connectivity index (χ1v) is 8.11. The zero-order valence-corrected chi connectivity index (χ0v) is 13.9. The average Bonchev–Trinajstić information content (AvgIpc) is 2.97. The van der Waals surface area contributed by atoms with Crippen molar-refractivity contribution in [2.24, 2.45) is 0 Å². The van der Waals surface area contributed by atoms with E-state index >= 15 is 0 Å². The third-order valence-electron chi connectivity index (χ3n) is 3.29. The zero-order valence-electron chi connectivity index (χ0n) is 12.4. The number of anilines is 1. The van der Waals surface area contributed by atoms with Gasteiger partial charge in [0.25, 0.3) is 5.91 Å². The molecule has 0 bridgehead atoms. The van der Waals surface area contributed by atoms with Gasteiger partial charge >= 0.3 is 0 Å². The Morgan fingerprint density at radius 1 is 1.33 bits per heavy atom. The highest BCUT2D eigenvalue weighted by Crippen LogP contribution is 2.30. The summed E-state index contributed by atoms with van der Waals surface area (Å²) < 4.78 is 0. The van der Waals surface area contributed by atoms with Crippen molar-refractivity contribution in [1.29, 1.82) is 0 Å². The van der Waals surface area contributed by atoms with Crippen molar-refractivity contribution >= 4 is 34.5 Å². The molecule has 0 aliphatic carbocycles. The van der Waals surface area contributed by atoms with Gasteiger partial charge in [0.2, 0.25) is 0 Å². The van der Waals surface area contributed by atoms with Crippen LogP contribution < -0.4 is 10.6 Å². The van der Waals surface area contributed by atoms with Crippen molar-refractivity contribution < 1.29 is 4.79 Å². The lowest BCUT2D eigenvalue weighted by atomic mass is 10.1. The summed E-state index contributed by atoms with van der Waals surface area (Å²) in [5.74, 6) is -0.119. The van der Waals surface area contributed by atoms with Crippen LogP contribution in [0.5, 0.6) is 0 Å². The molecule has 1 aromatic carbocycles. The van der Waals surface area contributed by atoms with Gasteiger partial charge in [-0.3, -0.25) is 4.79 Å². The molecule has 1 atom stereocenters. The second-order valence-electron chi connectivity index (χ2n) is 4.80. The number of thiophene rings is 1. The summed E-state index contributed by atoms with van der Waals surface area (Å²) in [6.07, 6.45) is 1.05. The molecule has 0 saturated carbocycles. The predicted molar refractivity (Wildman–Crippen MR) is 90.6 cm³/mol. The fourth-order valence-electron chi connectivity index (χ4n) is 2.04. The van der Waals surface area contributed by atoms with E-state index in [1.807, 2.05) is 0 Å². The smallest absolute Gasteiger partial charge is 0.251 e. The van der Waals surface area contributed by atoms with Gasteiger partial charge in [-0.05, 0) is 43.7 Å². The van der Waals surface area contributed by atoms with Crippen LogP contribution >= 0.6 is 22.9 Å². The van der Waals surface area contributed by atoms with E-state index in [4.69, 9.17) is 11.6 Å². The number of nitrogens with one attached hydrogen (secondary N) is 2. The van der Waals surface area contributed by atoms with Gasteiger partial charge in [0, 0.05) is 22.4 Å². The Balaban J connectivity index is 2.19. The van der Waals surface area contributed by atoms with Crippen LogP contribution in [0.25, 0.3) is 0 Å². The quantitative estimate of drug-likeness (QED) is 0.851. The standard InChI is InChI=1S/C16H19ClN2OS/c1-4-12-6-8-15(21-12)10(2)19-14-9-11(16(20)18-3)5-7-13(14)17/h5-10,19H,4H2,1-3H3,(H,18,20). The van der Waals surface area contributed by atoms with Crippen LogP contribution in [0, 0.1) is 0 Å². The highest BCUT2D eigenvalue weighted by Gasteiger charge is 2.12. The summed E-state index contributed by atoms with van der Waals surface area (Å²) in [4.78, 5) is 14.3. The molecule has 1 aromatic heterocycles. The van der Waals surface area contributed by atoms with Gasteiger partial charge in [0.05, 0.1) is 16.8 Å². The lowest BCUT2D eigenvalue weighted by molar-refractivity contribution is 0.0963. The third-order valence-corrected chi connectivity index (χ3v) is 5.03. The molecule has 1 unspecified atom stereocenters. The van der Waals surface area contributed by atoms with Gasteiger partial charge in [-0.1, -0.05) is 18.5 Å². The Morgan fingerprint density at radius 2 is 2.10 bits per heavy atom. The summed E-state index contributed by atoms with van der Waals surface area (Å²) >= 11 is 8.01. The van der Waals surface area contributed by atoms with E-state index in [1.165, 1.54) is 9.75 Å². The summed E-state index contributed by atoms with van der Waals surface area (Å²) in [5, 5.41) is 6.61. The van der Waals surface area contributed by atoms with Crippen molar-refractivity contribution in [2.45, 2.75) is 26.3 Å². The van der Waals surface area contributed by atoms with Crippen LogP contribution in [0.1, 0.15) is 40.0 Å². The molecule has 0 aliphatic rings. The molecule has 1 heterocycles. The normalized spacial score (nSPS) is 12.0. The maximum absolute atomic E-state index is 11.7. The Kier molecular flexibility index (Phi) is 5.26. The van der Waals surface area contributed by atoms with Gasteiger partial charge in [0.15, 0.2) is 0 Å². The predicted octanol–water partition coefficient (Wildman–Crippen LogP) is 4.50. The molecule has 2 rings (SSSR count). The molecule has 2 N–H and O–H groups in total. The van der Waals surface area contributed by atoms with Crippen LogP contribution in [0.15, 0.2) is 30.3 Å². The lowest BCUT2D eigenvalue weighted by Gasteiger charge is -2.16. The average molecular weight is 323 g/mol. The second-order valence-corrected chi connectivity index (χ2v) is 6.40. The number of rotatable bonds is 5. The monoisotopic (exact) mass is 322 g/mol. The largest absolute Gasteiger partial charge is 0.376 e. The van der Waals surface area contributed by atoms with Gasteiger partial charge < -0.3 is 10.6 Å². The molecule has 0 fully saturated rings. The first-order chi connectivity index (χ1) is 10.0. The van der Waals surface area contributed by atoms with Crippen LogP contribution in [0.4, 0.5) is 5.69 Å². The van der Waals surface area contributed by atoms with E-state index in [0.717, 1.165) is 12.1 Å². The van der Waals surface area contributed by atoms with Crippen LogP contribution in [0.3, 0.4) is 0 Å². The molecule has 3 nitrogen and oxygen atoms in total. The summed E-state index contributed by atoms with van der Waals surface area (Å²) in [6.45, 7) is 4.24. The van der Waals surface area contributed by atoms with Crippen LogP contribution in [0.2, 0.25) is 5.02 Å². The lowest BCUT2D eigenvalue weighted by Crippen LogP contribution is -2.18. The van der Waals surface area contributed by atoms with E-state index in [1.54, 1.807) is 36.6 Å². The van der Waals surface area contributed by atoms with Crippen molar-refractivity contribution in [2.75, 3.05) is 12.4 Å². The molecule has 2 aromatic rings. The maximum Gasteiger partial charge on any atom is 0.251 e. The summed E-state index contributed by atoms with van der Waals surface area (Å²) in [7, 11) is 1.62. The Morgan fingerprint density at radius 3 is 2.71 bits per heavy atom. The molecule has 112 valence electrons. The van der Waals surface area contributed by atoms with Gasteiger partial charge in [-0.25, -0.2) is 0 Å². The molecule has 1 amide bonds. The molecular weight excluding hydrogens is 304 g/mol. The number of amides is 1. The van der Waals surface area contributed by atoms with Crippen molar-refractivity contribution in [3.05, 3.63) is 50.7 Å². The van der Waals surface area contributed by atoms with Gasteiger partial charge in [-0.2, -0.15) is 0 Å². The third kappa shape index (κ3) is 3.77. The Hall–Kier alpha value is -1.52. The van der Waals surface area contributed by atoms with E-state index < -0.39 is 0 Å². The van der Waals surface area contributed by atoms with E-state index in [9.17, 15) is 4.79 Å². The molecule has 0 saturated heterocycles. The highest BCUT2D eigenvalue weighted by molar-refractivity contribution is 7.12. The van der Waals surface area contributed by atoms with Crippen LogP contribution in [-0.4, -0.2) is 13.0 Å². The molecule has 0 aliphatic heterocycles. The molecular formula is C16H19ClN2OS. The topological polar surface area (TPSA) is 41.1 Å². The number of halogens is 1. The maximum atomic E-state index is 11.7. The number of hydrogen-bond donors (Lipinski definition) is 2. The van der Waals surface area contributed by atoms with Crippen molar-refractivity contribution in [3.8, 4) is 0 Å². The van der Waals surface area contributed by atoms with Gasteiger partial charge in [0.1, 0.15) is 0 Å². The molecule has 0 spiro atoms. The van der Waals surface area contributed by atoms with Crippen LogP contribution in [-0.2, 0) is 6.42 Å². The summed E-state index contributed by atoms with van der Waals surface area (Å²) in [6, 6.07) is 9.68. The van der Waals surface area contributed by atoms with E-state index in [0.29, 0.717) is 10.6 Å². The second kappa shape index (κ2) is 6.96. The minimum absolute atomic E-state index is 0.119. The number of carbonyl (C=O) groups is 1. The molecule has 0 radical (unpaired) electrons. The minimum Gasteiger partial charge on any atom is -0.376 e. The number of carbonyl (C=O) groups excluding carboxylic acids is 1. The van der Waals surface area contributed by atoms with Crippen molar-refractivity contribution in [3.63, 3.8) is 0 Å². The Labute approximate surface area is 134 Å². The fourth-order valence-corrected chi connectivity index (χ4v) is 3.17. The fraction of sp³-hybridized carbons (Fsp3) is 0.312. The molecule has 21 heavy (non-hydrogen) atoms. The minimum atomic E-state index is -0.119. The first-order valence-electron chi connectivity index (χ1n) is 6.92. The highest BCUT2D eigenvalue weighted by atomic mass is 35.5. The first kappa shape index (κ1) is 15.9. The zero-order chi connectivity index (χ0) is 15.4. The number of hydrogen-bond acceptors (Lipinski definition) is 3. The Bertz CT molecular complexity index is 639. The van der Waals surface area contributed by atoms with E-state index in [2.05, 4.69) is 36.6 Å². The van der Waals surface area contributed by atoms with E-state index in [-0.39, 0.29) is 11.9 Å².